The number of carboxylic acid groups (broad SMARTS) is 2. The fourth-order valence-electron chi connectivity index (χ4n) is 2.17. The summed E-state index contributed by atoms with van der Waals surface area (Å²) in [7, 11) is 0. The minimum Gasteiger partial charge on any atom is -0.478 e. The van der Waals surface area contributed by atoms with E-state index >= 15 is 0 Å². The van der Waals surface area contributed by atoms with Gasteiger partial charge in [0, 0.05) is 5.56 Å². The standard InChI is InChI=1S/C16H8O4/c1-3-9-10(4-2)13(15(17)18)14(16(19)20)12-8-6-5-7-11(9)12/h1-2,5-8H,(H,17,18)(H,19,20). The minimum atomic E-state index is -1.42. The van der Waals surface area contributed by atoms with Crippen LogP contribution >= 0.6 is 0 Å². The molecular weight excluding hydrogens is 256 g/mol. The first-order valence-corrected chi connectivity index (χ1v) is 5.51. The summed E-state index contributed by atoms with van der Waals surface area (Å²) in [6.07, 6.45) is 10.7. The van der Waals surface area contributed by atoms with Crippen LogP contribution in [0.2, 0.25) is 0 Å². The highest BCUT2D eigenvalue weighted by atomic mass is 16.4. The molecule has 2 aromatic carbocycles. The molecule has 0 saturated heterocycles. The molecule has 20 heavy (non-hydrogen) atoms. The molecule has 2 rings (SSSR count). The smallest absolute Gasteiger partial charge is 0.337 e. The zero-order valence-electron chi connectivity index (χ0n) is 10.2. The van der Waals surface area contributed by atoms with Gasteiger partial charge in [-0.25, -0.2) is 9.59 Å². The van der Waals surface area contributed by atoms with Gasteiger partial charge in [-0.3, -0.25) is 0 Å². The summed E-state index contributed by atoms with van der Waals surface area (Å²) >= 11 is 0. The maximum absolute atomic E-state index is 11.4. The van der Waals surface area contributed by atoms with Crippen LogP contribution in [0.3, 0.4) is 0 Å². The molecule has 2 aromatic rings. The summed E-state index contributed by atoms with van der Waals surface area (Å²) in [6, 6.07) is 6.40. The molecule has 0 bridgehead atoms. The zero-order chi connectivity index (χ0) is 14.9. The largest absolute Gasteiger partial charge is 0.478 e. The number of hydrogen-bond acceptors (Lipinski definition) is 2. The van der Waals surface area contributed by atoms with E-state index in [-0.39, 0.29) is 22.1 Å². The third kappa shape index (κ3) is 1.77. The normalized spacial score (nSPS) is 9.70. The Hall–Kier alpha value is -3.24. The molecule has 0 aromatic heterocycles. The molecule has 0 amide bonds. The molecule has 0 radical (unpaired) electrons. The Bertz CT molecular complexity index is 832. The van der Waals surface area contributed by atoms with Crippen molar-refractivity contribution in [1.82, 2.24) is 0 Å². The number of aromatic carboxylic acids is 2. The monoisotopic (exact) mass is 264 g/mol. The van der Waals surface area contributed by atoms with Crippen molar-refractivity contribution >= 4 is 22.7 Å². The van der Waals surface area contributed by atoms with Crippen LogP contribution in [0.5, 0.6) is 0 Å². The van der Waals surface area contributed by atoms with Crippen molar-refractivity contribution in [2.24, 2.45) is 0 Å². The lowest BCUT2D eigenvalue weighted by Gasteiger charge is -2.12. The molecule has 96 valence electrons. The van der Waals surface area contributed by atoms with E-state index in [1.54, 1.807) is 18.2 Å². The minimum absolute atomic E-state index is 0.0869. The van der Waals surface area contributed by atoms with E-state index in [0.29, 0.717) is 5.39 Å². The first-order chi connectivity index (χ1) is 9.52. The molecule has 0 heterocycles. The summed E-state index contributed by atoms with van der Waals surface area (Å²) in [6.45, 7) is 0. The van der Waals surface area contributed by atoms with Crippen LogP contribution in [0.25, 0.3) is 10.8 Å². The molecule has 0 saturated carbocycles. The van der Waals surface area contributed by atoms with Gasteiger partial charge in [0.1, 0.15) is 0 Å². The van der Waals surface area contributed by atoms with Gasteiger partial charge in [0.05, 0.1) is 16.7 Å². The van der Waals surface area contributed by atoms with Crippen LogP contribution in [0.4, 0.5) is 0 Å². The van der Waals surface area contributed by atoms with Crippen LogP contribution in [0.1, 0.15) is 31.8 Å². The van der Waals surface area contributed by atoms with Crippen LogP contribution in [-0.4, -0.2) is 22.2 Å². The SMILES string of the molecule is C#Cc1c(C(=O)O)c(C(=O)O)c2ccccc2c1C#C. The van der Waals surface area contributed by atoms with Crippen LogP contribution in [0.15, 0.2) is 24.3 Å². The number of benzene rings is 2. The highest BCUT2D eigenvalue weighted by molar-refractivity contribution is 6.15. The lowest BCUT2D eigenvalue weighted by Crippen LogP contribution is -2.13. The van der Waals surface area contributed by atoms with E-state index in [1.165, 1.54) is 6.07 Å². The molecule has 0 aliphatic rings. The van der Waals surface area contributed by atoms with Crippen molar-refractivity contribution in [2.75, 3.05) is 0 Å². The van der Waals surface area contributed by atoms with Gasteiger partial charge < -0.3 is 10.2 Å². The van der Waals surface area contributed by atoms with Crippen LogP contribution in [0, 0.1) is 24.7 Å². The molecule has 0 unspecified atom stereocenters. The molecule has 0 aliphatic heterocycles. The summed E-state index contributed by atoms with van der Waals surface area (Å²) in [5, 5.41) is 19.3. The lowest BCUT2D eigenvalue weighted by atomic mass is 9.89. The van der Waals surface area contributed by atoms with Crippen molar-refractivity contribution in [3.8, 4) is 24.7 Å². The van der Waals surface area contributed by atoms with E-state index < -0.39 is 17.5 Å². The van der Waals surface area contributed by atoms with Crippen molar-refractivity contribution in [1.29, 1.82) is 0 Å². The molecule has 0 spiro atoms. The molecule has 0 atom stereocenters. The maximum Gasteiger partial charge on any atom is 0.337 e. The summed E-state index contributed by atoms with van der Waals surface area (Å²) in [5.74, 6) is 1.77. The van der Waals surface area contributed by atoms with Gasteiger partial charge in [0.2, 0.25) is 0 Å². The van der Waals surface area contributed by atoms with Crippen molar-refractivity contribution in [2.45, 2.75) is 0 Å². The number of hydrogen-bond donors (Lipinski definition) is 2. The number of carboxylic acids is 2. The predicted octanol–water partition coefficient (Wildman–Crippen LogP) is 2.20. The average Bonchev–Trinajstić information content (AvgIpc) is 2.43. The van der Waals surface area contributed by atoms with Gasteiger partial charge in [-0.15, -0.1) is 12.8 Å². The molecule has 4 nitrogen and oxygen atoms in total. The van der Waals surface area contributed by atoms with Gasteiger partial charge in [-0.1, -0.05) is 36.1 Å². The summed E-state index contributed by atoms with van der Waals surface area (Å²) in [5.41, 5.74) is -0.673. The molecular formula is C16H8O4. The Kier molecular flexibility index (Phi) is 3.16. The van der Waals surface area contributed by atoms with E-state index in [2.05, 4.69) is 11.8 Å². The number of terminal acetylenes is 2. The Labute approximate surface area is 114 Å². The average molecular weight is 264 g/mol. The van der Waals surface area contributed by atoms with Gasteiger partial charge in [0.25, 0.3) is 0 Å². The van der Waals surface area contributed by atoms with Gasteiger partial charge in [-0.2, -0.15) is 0 Å². The summed E-state index contributed by atoms with van der Waals surface area (Å²) in [4.78, 5) is 22.8. The second-order valence-electron chi connectivity index (χ2n) is 3.94. The van der Waals surface area contributed by atoms with Crippen molar-refractivity contribution in [3.05, 3.63) is 46.5 Å². The molecule has 0 aliphatic carbocycles. The molecule has 0 fully saturated rings. The number of rotatable bonds is 2. The quantitative estimate of drug-likeness (QED) is 0.815. The second-order valence-corrected chi connectivity index (χ2v) is 3.94. The first kappa shape index (κ1) is 13.2. The third-order valence-electron chi connectivity index (χ3n) is 2.93. The molecule has 4 heteroatoms. The highest BCUT2D eigenvalue weighted by Gasteiger charge is 2.25. The second kappa shape index (κ2) is 4.79. The van der Waals surface area contributed by atoms with E-state index in [4.69, 9.17) is 12.8 Å². The van der Waals surface area contributed by atoms with Crippen molar-refractivity contribution in [3.63, 3.8) is 0 Å². The lowest BCUT2D eigenvalue weighted by molar-refractivity contribution is 0.0653. The Morgan fingerprint density at radius 2 is 1.35 bits per heavy atom. The Balaban J connectivity index is 3.21. The fraction of sp³-hybridized carbons (Fsp3) is 0. The molecule has 2 N–H and O–H groups in total. The summed E-state index contributed by atoms with van der Waals surface area (Å²) < 4.78 is 0. The van der Waals surface area contributed by atoms with Gasteiger partial charge >= 0.3 is 11.9 Å². The zero-order valence-corrected chi connectivity index (χ0v) is 10.2. The Morgan fingerprint density at radius 1 is 0.850 bits per heavy atom. The van der Waals surface area contributed by atoms with Gasteiger partial charge in [0.15, 0.2) is 0 Å². The number of fused-ring (bicyclic) bond motifs is 1. The van der Waals surface area contributed by atoms with E-state index in [1.807, 2.05) is 0 Å². The van der Waals surface area contributed by atoms with Crippen molar-refractivity contribution < 1.29 is 19.8 Å². The topological polar surface area (TPSA) is 74.6 Å². The van der Waals surface area contributed by atoms with E-state index in [0.717, 1.165) is 0 Å². The maximum atomic E-state index is 11.4. The van der Waals surface area contributed by atoms with Crippen LogP contribution in [-0.2, 0) is 0 Å². The Morgan fingerprint density at radius 3 is 1.80 bits per heavy atom. The third-order valence-corrected chi connectivity index (χ3v) is 2.93. The van der Waals surface area contributed by atoms with E-state index in [9.17, 15) is 19.8 Å². The highest BCUT2D eigenvalue weighted by Crippen LogP contribution is 2.30. The number of carbonyl (C=O) groups is 2. The predicted molar refractivity (Wildman–Crippen MR) is 73.7 cm³/mol. The van der Waals surface area contributed by atoms with Gasteiger partial charge in [-0.05, 0) is 10.8 Å². The first-order valence-electron chi connectivity index (χ1n) is 5.51. The van der Waals surface area contributed by atoms with Crippen LogP contribution < -0.4 is 0 Å². The fourth-order valence-corrected chi connectivity index (χ4v) is 2.17.